The Kier molecular flexibility index (Phi) is 3.04. The molecule has 3 aliphatic rings. The molecule has 0 atom stereocenters. The molecular formula is C15H17NO4. The van der Waals surface area contributed by atoms with Crippen molar-refractivity contribution >= 4 is 11.9 Å². The van der Waals surface area contributed by atoms with Gasteiger partial charge in [-0.2, -0.15) is 0 Å². The summed E-state index contributed by atoms with van der Waals surface area (Å²) in [6, 6.07) is 2.76. The first kappa shape index (κ1) is 12.8. The van der Waals surface area contributed by atoms with Gasteiger partial charge in [-0.3, -0.25) is 4.79 Å². The summed E-state index contributed by atoms with van der Waals surface area (Å²) in [5.41, 5.74) is 1.06. The average molecular weight is 275 g/mol. The van der Waals surface area contributed by atoms with Crippen LogP contribution in [-0.2, 0) is 4.79 Å². The maximum atomic E-state index is 12.2. The van der Waals surface area contributed by atoms with E-state index in [0.29, 0.717) is 11.3 Å². The van der Waals surface area contributed by atoms with Crippen molar-refractivity contribution in [1.82, 2.24) is 4.90 Å². The highest BCUT2D eigenvalue weighted by molar-refractivity contribution is 6.02. The lowest BCUT2D eigenvalue weighted by Crippen LogP contribution is -2.45. The summed E-state index contributed by atoms with van der Waals surface area (Å²) in [6.07, 6.45) is 3.48. The van der Waals surface area contributed by atoms with Crippen LogP contribution in [0.5, 0.6) is 17.2 Å². The van der Waals surface area contributed by atoms with Gasteiger partial charge in [0.2, 0.25) is 0 Å². The number of ketones is 1. The zero-order valence-corrected chi connectivity index (χ0v) is 11.3. The van der Waals surface area contributed by atoms with Crippen molar-refractivity contribution in [2.24, 2.45) is 5.92 Å². The molecule has 0 unspecified atom stereocenters. The van der Waals surface area contributed by atoms with Gasteiger partial charge in [0, 0.05) is 30.6 Å². The Morgan fingerprint density at radius 2 is 1.95 bits per heavy atom. The smallest absolute Gasteiger partial charge is 0.182 e. The second kappa shape index (κ2) is 4.74. The number of rotatable bonds is 2. The second-order valence-corrected chi connectivity index (χ2v) is 5.24. The summed E-state index contributed by atoms with van der Waals surface area (Å²) in [7, 11) is 1.42. The van der Waals surface area contributed by atoms with Crippen LogP contribution in [0.2, 0.25) is 0 Å². The molecule has 2 N–H and O–H groups in total. The predicted octanol–water partition coefficient (Wildman–Crippen LogP) is 1.74. The van der Waals surface area contributed by atoms with Crippen molar-refractivity contribution in [3.63, 3.8) is 0 Å². The number of carbonyl (C=O) groups excluding carboxylic acids is 1. The van der Waals surface area contributed by atoms with Gasteiger partial charge in [-0.05, 0) is 25.0 Å². The normalized spacial score (nSPS) is 20.8. The van der Waals surface area contributed by atoms with Gasteiger partial charge in [0.25, 0.3) is 0 Å². The number of phenolic OH excluding ortho intramolecular Hbond substituents is 2. The number of benzene rings is 1. The fraction of sp³-hybridized carbons (Fsp3) is 0.400. The first-order valence-electron chi connectivity index (χ1n) is 6.71. The molecule has 0 aromatic heterocycles. The van der Waals surface area contributed by atoms with E-state index in [1.165, 1.54) is 19.2 Å². The molecule has 2 bridgehead atoms. The molecule has 3 saturated heterocycles. The van der Waals surface area contributed by atoms with E-state index >= 15 is 0 Å². The van der Waals surface area contributed by atoms with Crippen LogP contribution in [0.4, 0.5) is 0 Å². The molecule has 0 aliphatic carbocycles. The fourth-order valence-electron chi connectivity index (χ4n) is 2.91. The average Bonchev–Trinajstić information content (AvgIpc) is 2.46. The molecule has 0 spiro atoms. The molecule has 0 radical (unpaired) electrons. The number of piperidine rings is 3. The Balaban J connectivity index is 2.00. The van der Waals surface area contributed by atoms with E-state index in [4.69, 9.17) is 4.74 Å². The van der Waals surface area contributed by atoms with Crippen molar-refractivity contribution in [2.45, 2.75) is 12.8 Å². The van der Waals surface area contributed by atoms with Gasteiger partial charge in [-0.15, -0.1) is 0 Å². The number of hydrogen-bond acceptors (Lipinski definition) is 5. The van der Waals surface area contributed by atoms with Gasteiger partial charge < -0.3 is 19.8 Å². The number of allylic oxidation sites excluding steroid dienone is 1. The minimum Gasteiger partial charge on any atom is -0.507 e. The third kappa shape index (κ3) is 1.99. The first-order valence-corrected chi connectivity index (χ1v) is 6.71. The molecule has 5 heteroatoms. The summed E-state index contributed by atoms with van der Waals surface area (Å²) in [5.74, 6) is 0.391. The summed E-state index contributed by atoms with van der Waals surface area (Å²) in [6.45, 7) is 1.76. The number of fused-ring (bicyclic) bond motifs is 3. The summed E-state index contributed by atoms with van der Waals surface area (Å²) < 4.78 is 4.93. The molecule has 3 heterocycles. The number of aromatic hydroxyl groups is 2. The minimum atomic E-state index is -0.0550. The van der Waals surface area contributed by atoms with E-state index in [1.54, 1.807) is 6.08 Å². The lowest BCUT2D eigenvalue weighted by atomic mass is 9.84. The lowest BCUT2D eigenvalue weighted by Gasteiger charge is -2.41. The van der Waals surface area contributed by atoms with Crippen LogP contribution in [0, 0.1) is 5.92 Å². The van der Waals surface area contributed by atoms with Crippen molar-refractivity contribution in [1.29, 1.82) is 0 Å². The highest BCUT2D eigenvalue weighted by Crippen LogP contribution is 2.37. The second-order valence-electron chi connectivity index (χ2n) is 5.24. The Bertz CT molecular complexity index is 586. The van der Waals surface area contributed by atoms with E-state index in [-0.39, 0.29) is 28.9 Å². The zero-order chi connectivity index (χ0) is 14.3. The summed E-state index contributed by atoms with van der Waals surface area (Å²) >= 11 is 0. The SMILES string of the molecule is COc1cc(O)c(C=C2C(=O)C3CCN2CC3)cc1O. The van der Waals surface area contributed by atoms with E-state index < -0.39 is 0 Å². The molecule has 1 aromatic rings. The van der Waals surface area contributed by atoms with Gasteiger partial charge in [-0.25, -0.2) is 0 Å². The third-order valence-electron chi connectivity index (χ3n) is 4.08. The van der Waals surface area contributed by atoms with Crippen molar-refractivity contribution < 1.29 is 19.7 Å². The van der Waals surface area contributed by atoms with Gasteiger partial charge in [-0.1, -0.05) is 0 Å². The number of ether oxygens (including phenoxy) is 1. The predicted molar refractivity (Wildman–Crippen MR) is 73.6 cm³/mol. The molecule has 3 fully saturated rings. The number of carbonyl (C=O) groups is 1. The number of Topliss-reactive ketones (excluding diaryl/α,β-unsaturated/α-hetero) is 1. The largest absolute Gasteiger partial charge is 0.507 e. The Morgan fingerprint density at radius 1 is 1.25 bits per heavy atom. The van der Waals surface area contributed by atoms with Crippen molar-refractivity contribution in [3.8, 4) is 17.2 Å². The van der Waals surface area contributed by atoms with Crippen LogP contribution in [-0.4, -0.2) is 41.1 Å². The standard InChI is InChI=1S/C15H17NO4/c1-20-14-8-12(17)10(7-13(14)18)6-11-15(19)9-2-4-16(11)5-3-9/h6-9,17-18H,2-5H2,1H3. The van der Waals surface area contributed by atoms with Crippen LogP contribution in [0.3, 0.4) is 0 Å². The maximum absolute atomic E-state index is 12.2. The van der Waals surface area contributed by atoms with Crippen LogP contribution in [0.1, 0.15) is 18.4 Å². The monoisotopic (exact) mass is 275 g/mol. The number of hydrogen-bond donors (Lipinski definition) is 2. The number of phenols is 2. The van der Waals surface area contributed by atoms with Crippen LogP contribution >= 0.6 is 0 Å². The van der Waals surface area contributed by atoms with Gasteiger partial charge in [0.15, 0.2) is 17.3 Å². The van der Waals surface area contributed by atoms with Crippen LogP contribution in [0.25, 0.3) is 6.08 Å². The van der Waals surface area contributed by atoms with Gasteiger partial charge in [0.05, 0.1) is 12.8 Å². The molecule has 106 valence electrons. The van der Waals surface area contributed by atoms with Gasteiger partial charge >= 0.3 is 0 Å². The van der Waals surface area contributed by atoms with E-state index in [9.17, 15) is 15.0 Å². The molecule has 3 aliphatic heterocycles. The van der Waals surface area contributed by atoms with Crippen molar-refractivity contribution in [3.05, 3.63) is 23.4 Å². The molecule has 1 aromatic carbocycles. The number of nitrogens with zero attached hydrogens (tertiary/aromatic N) is 1. The molecule has 20 heavy (non-hydrogen) atoms. The maximum Gasteiger partial charge on any atom is 0.182 e. The van der Waals surface area contributed by atoms with Crippen molar-refractivity contribution in [2.75, 3.05) is 20.2 Å². The molecule has 0 saturated carbocycles. The Hall–Kier alpha value is -2.17. The topological polar surface area (TPSA) is 70.0 Å². The number of methoxy groups -OCH3 is 1. The molecule has 5 nitrogen and oxygen atoms in total. The zero-order valence-electron chi connectivity index (χ0n) is 11.3. The van der Waals surface area contributed by atoms with Crippen LogP contribution < -0.4 is 4.74 Å². The summed E-state index contributed by atoms with van der Waals surface area (Å²) in [5, 5.41) is 19.7. The van der Waals surface area contributed by atoms with Gasteiger partial charge in [0.1, 0.15) is 5.75 Å². The molecule has 0 amide bonds. The molecule has 4 rings (SSSR count). The van der Waals surface area contributed by atoms with E-state index in [0.717, 1.165) is 25.9 Å². The lowest BCUT2D eigenvalue weighted by molar-refractivity contribution is -0.125. The quantitative estimate of drug-likeness (QED) is 0.635. The minimum absolute atomic E-state index is 0.0115. The molecular weight excluding hydrogens is 258 g/mol. The summed E-state index contributed by atoms with van der Waals surface area (Å²) in [4.78, 5) is 14.3. The van der Waals surface area contributed by atoms with E-state index in [1.807, 2.05) is 4.90 Å². The van der Waals surface area contributed by atoms with Crippen LogP contribution in [0.15, 0.2) is 17.8 Å². The van der Waals surface area contributed by atoms with E-state index in [2.05, 4.69) is 0 Å². The third-order valence-corrected chi connectivity index (χ3v) is 4.08. The Labute approximate surface area is 117 Å². The highest BCUT2D eigenvalue weighted by atomic mass is 16.5. The Morgan fingerprint density at radius 3 is 2.55 bits per heavy atom. The first-order chi connectivity index (χ1) is 9.60. The fourth-order valence-corrected chi connectivity index (χ4v) is 2.91. The highest BCUT2D eigenvalue weighted by Gasteiger charge is 2.36.